The molecule has 8 N–H and O–H groups in total. The molecular weight excluding hydrogens is 336 g/mol. The van der Waals surface area contributed by atoms with Gasteiger partial charge < -0.3 is 45.6 Å². The highest BCUT2D eigenvalue weighted by Gasteiger charge is 2.42. The zero-order valence-corrected chi connectivity index (χ0v) is 12.2. The number of hydrogen-bond donors (Lipinski definition) is 8. The van der Waals surface area contributed by atoms with Gasteiger partial charge in [-0.2, -0.15) is 0 Å². The molecular formula is C12H20O12. The molecule has 0 amide bonds. The summed E-state index contributed by atoms with van der Waals surface area (Å²) >= 11 is 0. The Labute approximate surface area is 135 Å². The van der Waals surface area contributed by atoms with E-state index >= 15 is 0 Å². The van der Waals surface area contributed by atoms with Gasteiger partial charge in [-0.15, -0.1) is 0 Å². The van der Waals surface area contributed by atoms with Crippen molar-refractivity contribution in [2.75, 3.05) is 13.2 Å². The fraction of sp³-hybridized carbons (Fsp3) is 0.833. The SMILES string of the molecule is [O]CCOC(=O)C(O)C(O)C(O)C(O)C(O)C(O)C(O)C(O)[C]=O. The second kappa shape index (κ2) is 10.6. The van der Waals surface area contributed by atoms with E-state index in [9.17, 15) is 50.4 Å². The lowest BCUT2D eigenvalue weighted by Crippen LogP contribution is -2.57. The number of aliphatic hydroxyl groups excluding tert-OH is 8. The minimum absolute atomic E-state index is 0.616. The summed E-state index contributed by atoms with van der Waals surface area (Å²) in [5, 5.41) is 85.6. The lowest BCUT2D eigenvalue weighted by atomic mass is 9.93. The molecule has 12 heteroatoms. The van der Waals surface area contributed by atoms with E-state index in [4.69, 9.17) is 5.11 Å². The Balaban J connectivity index is 4.85. The summed E-state index contributed by atoms with van der Waals surface area (Å²) in [7, 11) is 0. The van der Waals surface area contributed by atoms with Crippen molar-refractivity contribution >= 4 is 12.3 Å². The van der Waals surface area contributed by atoms with Gasteiger partial charge in [0.2, 0.25) is 6.29 Å². The summed E-state index contributed by atoms with van der Waals surface area (Å²) in [5.41, 5.74) is 0. The highest BCUT2D eigenvalue weighted by Crippen LogP contribution is 2.14. The number of carbonyl (C=O) groups excluding carboxylic acids is 2. The van der Waals surface area contributed by atoms with Gasteiger partial charge in [-0.05, 0) is 0 Å². The van der Waals surface area contributed by atoms with E-state index in [-0.39, 0.29) is 0 Å². The van der Waals surface area contributed by atoms with Crippen LogP contribution in [0.25, 0.3) is 0 Å². The first-order valence-electron chi connectivity index (χ1n) is 6.67. The zero-order chi connectivity index (χ0) is 19.0. The number of esters is 1. The number of carbonyl (C=O) groups is 1. The van der Waals surface area contributed by atoms with Gasteiger partial charge in [-0.25, -0.2) is 9.90 Å². The minimum atomic E-state index is -2.41. The van der Waals surface area contributed by atoms with Crippen molar-refractivity contribution in [1.29, 1.82) is 0 Å². The smallest absolute Gasteiger partial charge is 0.337 e. The molecule has 0 aliphatic carbocycles. The van der Waals surface area contributed by atoms with Crippen LogP contribution in [-0.2, 0) is 19.4 Å². The van der Waals surface area contributed by atoms with Crippen LogP contribution in [0.1, 0.15) is 0 Å². The zero-order valence-electron chi connectivity index (χ0n) is 12.2. The van der Waals surface area contributed by atoms with Gasteiger partial charge in [0.15, 0.2) is 6.10 Å². The standard InChI is InChI=1S/C12H20O12/c13-1-2-24-12(23)11(22)10(21)9(20)8(19)7(18)6(17)5(16)4(15)3-14/h4-11,15-22H,1-2H2. The third-order valence-corrected chi connectivity index (χ3v) is 3.09. The first-order valence-corrected chi connectivity index (χ1v) is 6.67. The van der Waals surface area contributed by atoms with Gasteiger partial charge in [-0.3, -0.25) is 4.79 Å². The van der Waals surface area contributed by atoms with Gasteiger partial charge in [0, 0.05) is 0 Å². The molecule has 0 fully saturated rings. The average molecular weight is 356 g/mol. The van der Waals surface area contributed by atoms with E-state index in [1.807, 2.05) is 0 Å². The Morgan fingerprint density at radius 3 is 1.62 bits per heavy atom. The van der Waals surface area contributed by atoms with Crippen molar-refractivity contribution in [3.8, 4) is 0 Å². The van der Waals surface area contributed by atoms with Crippen LogP contribution in [-0.4, -0.2) is 115 Å². The summed E-state index contributed by atoms with van der Waals surface area (Å²) in [6, 6.07) is 0. The van der Waals surface area contributed by atoms with Gasteiger partial charge in [0.1, 0.15) is 55.9 Å². The van der Waals surface area contributed by atoms with Crippen LogP contribution in [0, 0.1) is 0 Å². The van der Waals surface area contributed by atoms with Gasteiger partial charge in [-0.1, -0.05) is 0 Å². The van der Waals surface area contributed by atoms with Crippen molar-refractivity contribution in [3.05, 3.63) is 0 Å². The molecule has 0 bridgehead atoms. The number of rotatable bonds is 11. The van der Waals surface area contributed by atoms with E-state index < -0.39 is 68.0 Å². The van der Waals surface area contributed by atoms with Crippen molar-refractivity contribution in [1.82, 2.24) is 0 Å². The quantitative estimate of drug-likeness (QED) is 0.162. The Bertz CT molecular complexity index is 390. The normalized spacial score (nSPS) is 21.7. The highest BCUT2D eigenvalue weighted by molar-refractivity contribution is 5.75. The van der Waals surface area contributed by atoms with Crippen molar-refractivity contribution in [2.24, 2.45) is 0 Å². The molecule has 0 rings (SSSR count). The van der Waals surface area contributed by atoms with Crippen molar-refractivity contribution < 1.29 is 60.3 Å². The molecule has 0 aromatic heterocycles. The molecule has 8 atom stereocenters. The molecule has 0 aliphatic heterocycles. The average Bonchev–Trinajstić information content (AvgIpc) is 2.60. The van der Waals surface area contributed by atoms with E-state index in [1.165, 1.54) is 0 Å². The molecule has 140 valence electrons. The van der Waals surface area contributed by atoms with Crippen LogP contribution < -0.4 is 0 Å². The Morgan fingerprint density at radius 2 is 1.21 bits per heavy atom. The van der Waals surface area contributed by atoms with E-state index in [0.717, 1.165) is 6.29 Å². The predicted octanol–water partition coefficient (Wildman–Crippen LogP) is -6.04. The summed E-state index contributed by atoms with van der Waals surface area (Å²) < 4.78 is 4.21. The first kappa shape index (κ1) is 22.8. The lowest BCUT2D eigenvalue weighted by molar-refractivity contribution is -0.185. The van der Waals surface area contributed by atoms with Crippen LogP contribution in [0.2, 0.25) is 0 Å². The van der Waals surface area contributed by atoms with Crippen molar-refractivity contribution in [2.45, 2.75) is 48.8 Å². The highest BCUT2D eigenvalue weighted by atomic mass is 16.6. The minimum Gasteiger partial charge on any atom is -0.461 e. The monoisotopic (exact) mass is 356 g/mol. The summed E-state index contributed by atoms with van der Waals surface area (Å²) in [6.45, 7) is -1.44. The summed E-state index contributed by atoms with van der Waals surface area (Å²) in [5.74, 6) is -1.48. The van der Waals surface area contributed by atoms with Gasteiger partial charge in [0.25, 0.3) is 0 Å². The van der Waals surface area contributed by atoms with Crippen molar-refractivity contribution in [3.63, 3.8) is 0 Å². The van der Waals surface area contributed by atoms with E-state index in [0.29, 0.717) is 0 Å². The molecule has 8 unspecified atom stereocenters. The number of ether oxygens (including phenoxy) is 1. The van der Waals surface area contributed by atoms with Gasteiger partial charge in [0.05, 0.1) is 0 Å². The third kappa shape index (κ3) is 6.01. The van der Waals surface area contributed by atoms with Crippen LogP contribution in [0.15, 0.2) is 0 Å². The molecule has 0 heterocycles. The first-order chi connectivity index (χ1) is 11.1. The molecule has 0 aromatic rings. The molecule has 0 saturated carbocycles. The molecule has 0 aromatic carbocycles. The Hall–Kier alpha value is -1.22. The van der Waals surface area contributed by atoms with Gasteiger partial charge >= 0.3 is 5.97 Å². The topological polar surface area (TPSA) is 225 Å². The van der Waals surface area contributed by atoms with E-state index in [1.54, 1.807) is 0 Å². The number of hydrogen-bond acceptors (Lipinski definition) is 11. The number of aliphatic hydroxyl groups is 8. The molecule has 0 aliphatic rings. The molecule has 12 nitrogen and oxygen atoms in total. The second-order valence-electron chi connectivity index (χ2n) is 4.82. The molecule has 0 spiro atoms. The summed E-state index contributed by atoms with van der Waals surface area (Å²) in [4.78, 5) is 21.4. The van der Waals surface area contributed by atoms with Crippen LogP contribution in [0.3, 0.4) is 0 Å². The van der Waals surface area contributed by atoms with E-state index in [2.05, 4.69) is 4.74 Å². The maximum absolute atomic E-state index is 11.2. The summed E-state index contributed by atoms with van der Waals surface area (Å²) in [6.07, 6.45) is -17.9. The predicted molar refractivity (Wildman–Crippen MR) is 70.3 cm³/mol. The Morgan fingerprint density at radius 1 is 0.792 bits per heavy atom. The second-order valence-corrected chi connectivity index (χ2v) is 4.82. The maximum atomic E-state index is 11.2. The maximum Gasteiger partial charge on any atom is 0.337 e. The fourth-order valence-electron chi connectivity index (χ4n) is 1.62. The lowest BCUT2D eigenvalue weighted by Gasteiger charge is -2.32. The third-order valence-electron chi connectivity index (χ3n) is 3.09. The molecule has 24 heavy (non-hydrogen) atoms. The fourth-order valence-corrected chi connectivity index (χ4v) is 1.62. The molecule has 2 radical (unpaired) electrons. The molecule has 0 saturated heterocycles. The largest absolute Gasteiger partial charge is 0.461 e. The van der Waals surface area contributed by atoms with Crippen LogP contribution in [0.4, 0.5) is 0 Å². The van der Waals surface area contributed by atoms with Crippen LogP contribution in [0.5, 0.6) is 0 Å². The van der Waals surface area contributed by atoms with Crippen LogP contribution >= 0.6 is 0 Å². The Kier molecular flexibility index (Phi) is 10.1.